The SMILES string of the molecule is COC(=O)C1=C(C(=O)OC)N(c2cc(-c3nc4ccc(C)cc4o3)ccc2C)C=CC=C1. The fourth-order valence-corrected chi connectivity index (χ4v) is 3.51. The van der Waals surface area contributed by atoms with Crippen LogP contribution in [0.1, 0.15) is 11.1 Å². The molecule has 0 fully saturated rings. The maximum absolute atomic E-state index is 12.7. The van der Waals surface area contributed by atoms with Gasteiger partial charge in [0.15, 0.2) is 5.58 Å². The molecule has 3 aromatic rings. The van der Waals surface area contributed by atoms with Crippen LogP contribution in [0.15, 0.2) is 76.5 Å². The third-order valence-electron chi connectivity index (χ3n) is 5.15. The number of anilines is 1. The van der Waals surface area contributed by atoms with Crippen molar-refractivity contribution in [2.45, 2.75) is 13.8 Å². The summed E-state index contributed by atoms with van der Waals surface area (Å²) in [5, 5.41) is 0. The summed E-state index contributed by atoms with van der Waals surface area (Å²) in [5.41, 5.74) is 4.95. The Balaban J connectivity index is 1.87. The van der Waals surface area contributed by atoms with Gasteiger partial charge < -0.3 is 18.8 Å². The van der Waals surface area contributed by atoms with E-state index in [1.165, 1.54) is 20.3 Å². The molecule has 1 aliphatic rings. The Bertz CT molecular complexity index is 1310. The lowest BCUT2D eigenvalue weighted by molar-refractivity contribution is -0.139. The number of carbonyl (C=O) groups excluding carboxylic acids is 2. The lowest BCUT2D eigenvalue weighted by atomic mass is 10.1. The van der Waals surface area contributed by atoms with Gasteiger partial charge >= 0.3 is 11.9 Å². The van der Waals surface area contributed by atoms with Gasteiger partial charge in [-0.2, -0.15) is 0 Å². The highest BCUT2D eigenvalue weighted by molar-refractivity contribution is 6.05. The minimum atomic E-state index is -0.663. The van der Waals surface area contributed by atoms with E-state index in [9.17, 15) is 9.59 Å². The number of ether oxygens (including phenoxy) is 2. The molecular formula is C25H22N2O5. The number of nitrogens with zero attached hydrogens (tertiary/aromatic N) is 2. The number of carbonyl (C=O) groups is 2. The van der Waals surface area contributed by atoms with Crippen LogP contribution in [0.25, 0.3) is 22.6 Å². The molecule has 2 heterocycles. The summed E-state index contributed by atoms with van der Waals surface area (Å²) in [6.45, 7) is 3.90. The molecule has 0 radical (unpaired) electrons. The molecule has 0 atom stereocenters. The number of oxazole rings is 1. The molecule has 1 aliphatic heterocycles. The lowest BCUT2D eigenvalue weighted by Crippen LogP contribution is -2.27. The summed E-state index contributed by atoms with van der Waals surface area (Å²) in [5.74, 6) is -0.845. The molecule has 0 amide bonds. The van der Waals surface area contributed by atoms with Gasteiger partial charge in [-0.05, 0) is 61.4 Å². The standard InChI is InChI=1S/C25H22N2O5/c1-15-8-11-19-21(13-15)32-23(26-19)17-10-9-16(2)20(14-17)27-12-6-5-7-18(24(28)30-3)22(27)25(29)31-4/h5-14H,1-4H3. The smallest absolute Gasteiger partial charge is 0.355 e. The second kappa shape index (κ2) is 8.55. The van der Waals surface area contributed by atoms with E-state index in [4.69, 9.17) is 13.9 Å². The van der Waals surface area contributed by atoms with Crippen molar-refractivity contribution in [2.24, 2.45) is 0 Å². The first-order chi connectivity index (χ1) is 15.4. The van der Waals surface area contributed by atoms with Crippen LogP contribution in [0.3, 0.4) is 0 Å². The number of allylic oxidation sites excluding steroid dienone is 2. The van der Waals surface area contributed by atoms with E-state index in [0.717, 1.165) is 22.2 Å². The van der Waals surface area contributed by atoms with Gasteiger partial charge in [0.05, 0.1) is 19.8 Å². The van der Waals surface area contributed by atoms with Gasteiger partial charge in [-0.25, -0.2) is 14.6 Å². The minimum Gasteiger partial charge on any atom is -0.465 e. The summed E-state index contributed by atoms with van der Waals surface area (Å²) in [4.78, 5) is 31.3. The summed E-state index contributed by atoms with van der Waals surface area (Å²) in [7, 11) is 2.53. The van der Waals surface area contributed by atoms with Gasteiger partial charge in [-0.1, -0.05) is 18.2 Å². The van der Waals surface area contributed by atoms with Crippen molar-refractivity contribution in [1.82, 2.24) is 4.98 Å². The predicted molar refractivity (Wildman–Crippen MR) is 121 cm³/mol. The molecular weight excluding hydrogens is 408 g/mol. The minimum absolute atomic E-state index is 0.0535. The fourth-order valence-electron chi connectivity index (χ4n) is 3.51. The lowest BCUT2D eigenvalue weighted by Gasteiger charge is -2.25. The predicted octanol–water partition coefficient (Wildman–Crippen LogP) is 4.60. The van der Waals surface area contributed by atoms with Crippen LogP contribution >= 0.6 is 0 Å². The molecule has 0 N–H and O–H groups in total. The molecule has 32 heavy (non-hydrogen) atoms. The number of aryl methyl sites for hydroxylation is 2. The van der Waals surface area contributed by atoms with Gasteiger partial charge in [0.2, 0.25) is 5.89 Å². The highest BCUT2D eigenvalue weighted by Crippen LogP contribution is 2.33. The second-order valence-electron chi connectivity index (χ2n) is 7.31. The third kappa shape index (κ3) is 3.80. The first-order valence-corrected chi connectivity index (χ1v) is 9.96. The number of benzene rings is 2. The molecule has 7 nitrogen and oxygen atoms in total. The first-order valence-electron chi connectivity index (χ1n) is 9.96. The van der Waals surface area contributed by atoms with Gasteiger partial charge in [-0.15, -0.1) is 0 Å². The number of esters is 2. The largest absolute Gasteiger partial charge is 0.465 e. The molecule has 1 aromatic heterocycles. The van der Waals surface area contributed by atoms with Crippen molar-refractivity contribution in [3.63, 3.8) is 0 Å². The Kier molecular flexibility index (Phi) is 5.64. The third-order valence-corrected chi connectivity index (χ3v) is 5.15. The number of aromatic nitrogens is 1. The van der Waals surface area contributed by atoms with Crippen LogP contribution in [-0.2, 0) is 19.1 Å². The summed E-state index contributed by atoms with van der Waals surface area (Å²) in [6, 6.07) is 11.5. The van der Waals surface area contributed by atoms with Crippen LogP contribution in [0.4, 0.5) is 5.69 Å². The van der Waals surface area contributed by atoms with Crippen molar-refractivity contribution in [3.05, 3.63) is 83.2 Å². The maximum Gasteiger partial charge on any atom is 0.355 e. The average molecular weight is 430 g/mol. The van der Waals surface area contributed by atoms with Gasteiger partial charge in [0, 0.05) is 17.5 Å². The van der Waals surface area contributed by atoms with Crippen molar-refractivity contribution >= 4 is 28.7 Å². The van der Waals surface area contributed by atoms with E-state index < -0.39 is 11.9 Å². The van der Waals surface area contributed by atoms with Crippen molar-refractivity contribution in [1.29, 1.82) is 0 Å². The van der Waals surface area contributed by atoms with Gasteiger partial charge in [0.1, 0.15) is 11.2 Å². The van der Waals surface area contributed by atoms with Crippen LogP contribution in [0.5, 0.6) is 0 Å². The Morgan fingerprint density at radius 3 is 2.50 bits per heavy atom. The van der Waals surface area contributed by atoms with Crippen LogP contribution in [0.2, 0.25) is 0 Å². The second-order valence-corrected chi connectivity index (χ2v) is 7.31. The monoisotopic (exact) mass is 430 g/mol. The Hall–Kier alpha value is -4.13. The van der Waals surface area contributed by atoms with E-state index in [0.29, 0.717) is 17.2 Å². The Morgan fingerprint density at radius 1 is 0.969 bits per heavy atom. The van der Waals surface area contributed by atoms with Gasteiger partial charge in [-0.3, -0.25) is 0 Å². The number of hydrogen-bond donors (Lipinski definition) is 0. The molecule has 2 aromatic carbocycles. The molecule has 0 saturated heterocycles. The zero-order valence-corrected chi connectivity index (χ0v) is 18.2. The first kappa shape index (κ1) is 21.1. The molecule has 0 unspecified atom stereocenters. The van der Waals surface area contributed by atoms with E-state index in [1.54, 1.807) is 23.3 Å². The number of rotatable bonds is 4. The zero-order valence-electron chi connectivity index (χ0n) is 18.2. The Morgan fingerprint density at radius 2 is 1.75 bits per heavy atom. The molecule has 0 spiro atoms. The van der Waals surface area contributed by atoms with E-state index in [-0.39, 0.29) is 11.3 Å². The quantitative estimate of drug-likeness (QED) is 0.560. The van der Waals surface area contributed by atoms with E-state index in [1.807, 2.05) is 50.2 Å². The van der Waals surface area contributed by atoms with Crippen LogP contribution in [-0.4, -0.2) is 31.1 Å². The van der Waals surface area contributed by atoms with Crippen LogP contribution in [0, 0.1) is 13.8 Å². The van der Waals surface area contributed by atoms with E-state index in [2.05, 4.69) is 4.98 Å². The van der Waals surface area contributed by atoms with Crippen molar-refractivity contribution in [3.8, 4) is 11.5 Å². The average Bonchev–Trinajstić information content (AvgIpc) is 3.09. The molecule has 4 rings (SSSR count). The summed E-state index contributed by atoms with van der Waals surface area (Å²) in [6.07, 6.45) is 6.61. The summed E-state index contributed by atoms with van der Waals surface area (Å²) >= 11 is 0. The number of methoxy groups -OCH3 is 2. The van der Waals surface area contributed by atoms with Crippen LogP contribution < -0.4 is 4.90 Å². The molecule has 162 valence electrons. The van der Waals surface area contributed by atoms with Gasteiger partial charge in [0.25, 0.3) is 0 Å². The van der Waals surface area contributed by atoms with Crippen molar-refractivity contribution < 1.29 is 23.5 Å². The highest BCUT2D eigenvalue weighted by Gasteiger charge is 2.28. The number of hydrogen-bond acceptors (Lipinski definition) is 7. The molecule has 0 saturated carbocycles. The number of fused-ring (bicyclic) bond motifs is 1. The fraction of sp³-hybridized carbons (Fsp3) is 0.160. The van der Waals surface area contributed by atoms with E-state index >= 15 is 0 Å². The normalized spacial score (nSPS) is 13.4. The topological polar surface area (TPSA) is 81.9 Å². The summed E-state index contributed by atoms with van der Waals surface area (Å²) < 4.78 is 15.8. The van der Waals surface area contributed by atoms with Crippen molar-refractivity contribution in [2.75, 3.05) is 19.1 Å². The Labute approximate surface area is 185 Å². The zero-order chi connectivity index (χ0) is 22.8. The maximum atomic E-state index is 12.7. The molecule has 0 bridgehead atoms. The molecule has 0 aliphatic carbocycles. The molecule has 7 heteroatoms. The highest BCUT2D eigenvalue weighted by atomic mass is 16.5.